The van der Waals surface area contributed by atoms with Crippen molar-refractivity contribution in [1.29, 1.82) is 0 Å². The number of nitrogens with one attached hydrogen (secondary N) is 1. The third-order valence-electron chi connectivity index (χ3n) is 2.96. The van der Waals surface area contributed by atoms with Crippen molar-refractivity contribution in [3.8, 4) is 12.0 Å². The fourth-order valence-corrected chi connectivity index (χ4v) is 1.93. The van der Waals surface area contributed by atoms with Gasteiger partial charge in [-0.3, -0.25) is 0 Å². The van der Waals surface area contributed by atoms with Crippen LogP contribution >= 0.6 is 0 Å². The van der Waals surface area contributed by atoms with E-state index in [4.69, 9.17) is 9.47 Å². The van der Waals surface area contributed by atoms with Crippen molar-refractivity contribution >= 4 is 5.95 Å². The van der Waals surface area contributed by atoms with E-state index in [1.54, 1.807) is 0 Å². The summed E-state index contributed by atoms with van der Waals surface area (Å²) in [6.45, 7) is 4.12. The molecule has 20 heavy (non-hydrogen) atoms. The second-order valence-corrected chi connectivity index (χ2v) is 4.36. The van der Waals surface area contributed by atoms with E-state index >= 15 is 0 Å². The lowest BCUT2D eigenvalue weighted by Crippen LogP contribution is -2.12. The van der Waals surface area contributed by atoms with Crippen molar-refractivity contribution in [1.82, 2.24) is 15.0 Å². The molecule has 1 heterocycles. The Morgan fingerprint density at radius 3 is 2.15 bits per heavy atom. The first kappa shape index (κ1) is 14.0. The minimum Gasteiger partial charge on any atom is -0.467 e. The molecule has 6 heteroatoms. The highest BCUT2D eigenvalue weighted by molar-refractivity contribution is 5.36. The molecule has 0 aliphatic carbocycles. The summed E-state index contributed by atoms with van der Waals surface area (Å²) in [5, 5.41) is 3.23. The van der Waals surface area contributed by atoms with Gasteiger partial charge in [-0.15, -0.1) is 4.98 Å². The number of nitrogens with zero attached hydrogens (tertiary/aromatic N) is 3. The Morgan fingerprint density at radius 1 is 1.00 bits per heavy atom. The van der Waals surface area contributed by atoms with Crippen LogP contribution in [-0.4, -0.2) is 29.2 Å². The third kappa shape index (κ3) is 3.14. The van der Waals surface area contributed by atoms with E-state index in [9.17, 15) is 0 Å². The molecule has 0 aliphatic heterocycles. The average Bonchev–Trinajstić information content (AvgIpc) is 2.47. The lowest BCUT2D eigenvalue weighted by molar-refractivity contribution is 0.341. The minimum absolute atomic E-state index is 0.0630. The summed E-state index contributed by atoms with van der Waals surface area (Å²) >= 11 is 0. The maximum atomic E-state index is 5.03. The van der Waals surface area contributed by atoms with Crippen LogP contribution in [0.15, 0.2) is 24.3 Å². The van der Waals surface area contributed by atoms with Gasteiger partial charge in [0.1, 0.15) is 0 Å². The van der Waals surface area contributed by atoms with Gasteiger partial charge in [0.25, 0.3) is 0 Å². The Balaban J connectivity index is 2.23. The first-order chi connectivity index (χ1) is 9.63. The topological polar surface area (TPSA) is 69.2 Å². The summed E-state index contributed by atoms with van der Waals surface area (Å²) in [5.41, 5.74) is 2.39. The molecule has 6 nitrogen and oxygen atoms in total. The van der Waals surface area contributed by atoms with E-state index in [1.807, 2.05) is 19.1 Å². The number of ether oxygens (including phenoxy) is 2. The molecule has 0 saturated heterocycles. The Kier molecular flexibility index (Phi) is 4.34. The van der Waals surface area contributed by atoms with Crippen molar-refractivity contribution in [2.75, 3.05) is 19.5 Å². The summed E-state index contributed by atoms with van der Waals surface area (Å²) in [4.78, 5) is 12.3. The summed E-state index contributed by atoms with van der Waals surface area (Å²) < 4.78 is 10.1. The molecule has 0 aliphatic rings. The van der Waals surface area contributed by atoms with Gasteiger partial charge in [0.05, 0.1) is 20.3 Å². The molecular formula is C14H18N4O2. The van der Waals surface area contributed by atoms with Crippen LogP contribution < -0.4 is 14.8 Å². The van der Waals surface area contributed by atoms with Gasteiger partial charge in [-0.1, -0.05) is 24.3 Å². The SMILES string of the molecule is COc1nc(NC(C)c2ccccc2C)nc(OC)n1. The second-order valence-electron chi connectivity index (χ2n) is 4.36. The third-order valence-corrected chi connectivity index (χ3v) is 2.96. The van der Waals surface area contributed by atoms with E-state index in [1.165, 1.54) is 25.3 Å². The van der Waals surface area contributed by atoms with Gasteiger partial charge in [0.2, 0.25) is 5.95 Å². The molecule has 0 bridgehead atoms. The van der Waals surface area contributed by atoms with Crippen molar-refractivity contribution in [2.45, 2.75) is 19.9 Å². The van der Waals surface area contributed by atoms with E-state index in [-0.39, 0.29) is 18.1 Å². The predicted octanol–water partition coefficient (Wildman–Crippen LogP) is 2.37. The molecule has 1 N–H and O–H groups in total. The fraction of sp³-hybridized carbons (Fsp3) is 0.357. The second kappa shape index (κ2) is 6.18. The minimum atomic E-state index is 0.0630. The van der Waals surface area contributed by atoms with Crippen LogP contribution in [0, 0.1) is 6.92 Å². The maximum absolute atomic E-state index is 5.03. The molecule has 0 amide bonds. The largest absolute Gasteiger partial charge is 0.467 e. The van der Waals surface area contributed by atoms with Crippen molar-refractivity contribution in [2.24, 2.45) is 0 Å². The van der Waals surface area contributed by atoms with Crippen LogP contribution in [0.1, 0.15) is 24.1 Å². The highest BCUT2D eigenvalue weighted by Crippen LogP contribution is 2.21. The first-order valence-corrected chi connectivity index (χ1v) is 6.30. The van der Waals surface area contributed by atoms with Crippen molar-refractivity contribution in [3.05, 3.63) is 35.4 Å². The van der Waals surface area contributed by atoms with E-state index in [0.29, 0.717) is 5.95 Å². The number of methoxy groups -OCH3 is 2. The van der Waals surface area contributed by atoms with Crippen LogP contribution in [0.2, 0.25) is 0 Å². The number of aryl methyl sites for hydroxylation is 1. The van der Waals surface area contributed by atoms with Crippen molar-refractivity contribution < 1.29 is 9.47 Å². The zero-order valence-electron chi connectivity index (χ0n) is 12.0. The molecule has 0 saturated carbocycles. The van der Waals surface area contributed by atoms with Crippen LogP contribution in [0.25, 0.3) is 0 Å². The van der Waals surface area contributed by atoms with E-state index in [2.05, 4.69) is 39.3 Å². The molecular weight excluding hydrogens is 256 g/mol. The lowest BCUT2D eigenvalue weighted by atomic mass is 10.0. The summed E-state index contributed by atoms with van der Waals surface area (Å²) in [7, 11) is 3.01. The average molecular weight is 274 g/mol. The molecule has 1 unspecified atom stereocenters. The number of aromatic nitrogens is 3. The normalized spacial score (nSPS) is 11.8. The fourth-order valence-electron chi connectivity index (χ4n) is 1.93. The Hall–Kier alpha value is -2.37. The molecule has 1 aromatic heterocycles. The molecule has 1 atom stereocenters. The highest BCUT2D eigenvalue weighted by Gasteiger charge is 2.12. The Labute approximate surface area is 118 Å². The Morgan fingerprint density at radius 2 is 1.60 bits per heavy atom. The molecule has 106 valence electrons. The highest BCUT2D eigenvalue weighted by atomic mass is 16.5. The predicted molar refractivity (Wildman–Crippen MR) is 76.1 cm³/mol. The molecule has 1 aromatic carbocycles. The molecule has 2 aromatic rings. The monoisotopic (exact) mass is 274 g/mol. The molecule has 2 rings (SSSR count). The quantitative estimate of drug-likeness (QED) is 0.902. The van der Waals surface area contributed by atoms with E-state index in [0.717, 1.165) is 0 Å². The zero-order chi connectivity index (χ0) is 14.5. The van der Waals surface area contributed by atoms with Gasteiger partial charge in [0.15, 0.2) is 0 Å². The number of hydrogen-bond donors (Lipinski definition) is 1. The standard InChI is InChI=1S/C14H18N4O2/c1-9-7-5-6-8-11(9)10(2)15-12-16-13(19-3)18-14(17-12)20-4/h5-8,10H,1-4H3,(H,15,16,17,18). The van der Waals surface area contributed by atoms with Gasteiger partial charge in [-0.25, -0.2) is 0 Å². The molecule has 0 radical (unpaired) electrons. The van der Waals surface area contributed by atoms with Crippen LogP contribution in [-0.2, 0) is 0 Å². The Bertz CT molecular complexity index is 567. The van der Waals surface area contributed by atoms with Crippen molar-refractivity contribution in [3.63, 3.8) is 0 Å². The lowest BCUT2D eigenvalue weighted by Gasteiger charge is -2.16. The van der Waals surface area contributed by atoms with Crippen LogP contribution in [0.4, 0.5) is 5.95 Å². The number of benzene rings is 1. The summed E-state index contributed by atoms with van der Waals surface area (Å²) in [5.74, 6) is 0.421. The van der Waals surface area contributed by atoms with Crippen LogP contribution in [0.3, 0.4) is 0 Å². The summed E-state index contributed by atoms with van der Waals surface area (Å²) in [6, 6.07) is 8.67. The first-order valence-electron chi connectivity index (χ1n) is 6.30. The summed E-state index contributed by atoms with van der Waals surface area (Å²) in [6.07, 6.45) is 0. The van der Waals surface area contributed by atoms with Crippen LogP contribution in [0.5, 0.6) is 12.0 Å². The molecule has 0 spiro atoms. The molecule has 0 fully saturated rings. The smallest absolute Gasteiger partial charge is 0.324 e. The maximum Gasteiger partial charge on any atom is 0.324 e. The van der Waals surface area contributed by atoms with E-state index < -0.39 is 0 Å². The van der Waals surface area contributed by atoms with Gasteiger partial charge >= 0.3 is 12.0 Å². The zero-order valence-corrected chi connectivity index (χ0v) is 12.0. The van der Waals surface area contributed by atoms with Gasteiger partial charge < -0.3 is 14.8 Å². The van der Waals surface area contributed by atoms with Gasteiger partial charge in [-0.2, -0.15) is 9.97 Å². The van der Waals surface area contributed by atoms with Gasteiger partial charge in [-0.05, 0) is 25.0 Å². The number of anilines is 1. The van der Waals surface area contributed by atoms with Gasteiger partial charge in [0, 0.05) is 0 Å². The number of hydrogen-bond acceptors (Lipinski definition) is 6. The number of rotatable bonds is 5.